The molecule has 0 saturated carbocycles. The Kier molecular flexibility index (Phi) is 4.38. The van der Waals surface area contributed by atoms with Crippen molar-refractivity contribution in [1.82, 2.24) is 10.2 Å². The molecule has 3 rings (SSSR count). The summed E-state index contributed by atoms with van der Waals surface area (Å²) in [4.78, 5) is 14.6. The van der Waals surface area contributed by atoms with Crippen LogP contribution < -0.4 is 19.5 Å². The van der Waals surface area contributed by atoms with Crippen LogP contribution in [0.3, 0.4) is 0 Å². The number of benzene rings is 1. The third kappa shape index (κ3) is 2.83. The minimum Gasteiger partial charge on any atom is -0.493 e. The third-order valence-corrected chi connectivity index (χ3v) is 4.19. The molecule has 22 heavy (non-hydrogen) atoms. The van der Waals surface area contributed by atoms with E-state index in [1.54, 1.807) is 19.2 Å². The first kappa shape index (κ1) is 15.0. The number of nitrogens with zero attached hydrogens (tertiary/aromatic N) is 1. The van der Waals surface area contributed by atoms with Crippen molar-refractivity contribution >= 4 is 5.91 Å². The van der Waals surface area contributed by atoms with Gasteiger partial charge >= 0.3 is 0 Å². The predicted octanol–water partition coefficient (Wildman–Crippen LogP) is 1.29. The number of nitrogens with one attached hydrogen (secondary N) is 1. The molecule has 1 aromatic rings. The van der Waals surface area contributed by atoms with E-state index in [2.05, 4.69) is 5.32 Å². The van der Waals surface area contributed by atoms with E-state index in [0.29, 0.717) is 42.1 Å². The van der Waals surface area contributed by atoms with E-state index in [1.807, 2.05) is 11.9 Å². The highest BCUT2D eigenvalue weighted by molar-refractivity contribution is 5.95. The molecule has 0 aromatic heterocycles. The van der Waals surface area contributed by atoms with Gasteiger partial charge in [0.15, 0.2) is 11.5 Å². The van der Waals surface area contributed by atoms with Gasteiger partial charge in [-0.25, -0.2) is 0 Å². The zero-order valence-electron chi connectivity index (χ0n) is 13.1. The molecule has 2 aliphatic rings. The molecule has 6 heteroatoms. The quantitative estimate of drug-likeness (QED) is 0.912. The fourth-order valence-corrected chi connectivity index (χ4v) is 2.98. The van der Waals surface area contributed by atoms with Gasteiger partial charge in [-0.1, -0.05) is 0 Å². The number of carbonyl (C=O) groups is 1. The van der Waals surface area contributed by atoms with Gasteiger partial charge in [0.2, 0.25) is 5.75 Å². The predicted molar refractivity (Wildman–Crippen MR) is 82.0 cm³/mol. The molecule has 120 valence electrons. The lowest BCUT2D eigenvalue weighted by Crippen LogP contribution is -2.46. The molecule has 0 unspecified atom stereocenters. The van der Waals surface area contributed by atoms with Gasteiger partial charge in [0.25, 0.3) is 5.91 Å². The van der Waals surface area contributed by atoms with Crippen LogP contribution >= 0.6 is 0 Å². The molecule has 1 atom stereocenters. The summed E-state index contributed by atoms with van der Waals surface area (Å²) in [5, 5.41) is 3.25. The summed E-state index contributed by atoms with van der Waals surface area (Å²) in [6.07, 6.45) is 2.11. The highest BCUT2D eigenvalue weighted by Gasteiger charge is 2.26. The minimum atomic E-state index is 0.00947. The molecule has 1 fully saturated rings. The number of hydrogen-bond acceptors (Lipinski definition) is 5. The van der Waals surface area contributed by atoms with E-state index in [-0.39, 0.29) is 5.91 Å². The maximum atomic E-state index is 12.8. The van der Waals surface area contributed by atoms with Crippen molar-refractivity contribution in [3.05, 3.63) is 17.7 Å². The standard InChI is InChI=1S/C16H22N2O4/c1-17-12-4-3-5-18(10-12)16(19)11-8-13(20-2)15-14(9-11)21-6-7-22-15/h8-9,12,17H,3-7,10H2,1-2H3/t12-/m0/s1. The largest absolute Gasteiger partial charge is 0.493 e. The topological polar surface area (TPSA) is 60.0 Å². The van der Waals surface area contributed by atoms with Gasteiger partial charge in [0.05, 0.1) is 7.11 Å². The number of amides is 1. The van der Waals surface area contributed by atoms with Crippen LogP contribution in [-0.2, 0) is 0 Å². The summed E-state index contributed by atoms with van der Waals surface area (Å²) in [5.74, 6) is 1.71. The van der Waals surface area contributed by atoms with Crippen LogP contribution in [0.1, 0.15) is 23.2 Å². The minimum absolute atomic E-state index is 0.00947. The molecule has 1 amide bonds. The number of piperidine rings is 1. The normalized spacial score (nSPS) is 20.6. The van der Waals surface area contributed by atoms with Crippen molar-refractivity contribution in [2.45, 2.75) is 18.9 Å². The second-order valence-electron chi connectivity index (χ2n) is 5.58. The first-order chi connectivity index (χ1) is 10.7. The molecule has 0 bridgehead atoms. The van der Waals surface area contributed by atoms with Crippen LogP contribution in [-0.4, -0.2) is 57.3 Å². The molecule has 1 aromatic carbocycles. The van der Waals surface area contributed by atoms with Crippen molar-refractivity contribution < 1.29 is 19.0 Å². The number of methoxy groups -OCH3 is 1. The summed E-state index contributed by atoms with van der Waals surface area (Å²) in [7, 11) is 3.51. The summed E-state index contributed by atoms with van der Waals surface area (Å²) >= 11 is 0. The molecular formula is C16H22N2O4. The van der Waals surface area contributed by atoms with Crippen molar-refractivity contribution in [1.29, 1.82) is 0 Å². The van der Waals surface area contributed by atoms with Crippen LogP contribution in [0.2, 0.25) is 0 Å². The van der Waals surface area contributed by atoms with Crippen molar-refractivity contribution in [2.24, 2.45) is 0 Å². The number of fused-ring (bicyclic) bond motifs is 1. The van der Waals surface area contributed by atoms with Crippen molar-refractivity contribution in [3.8, 4) is 17.2 Å². The number of likely N-dealkylation sites (tertiary alicyclic amines) is 1. The van der Waals surface area contributed by atoms with E-state index in [0.717, 1.165) is 25.9 Å². The first-order valence-corrected chi connectivity index (χ1v) is 7.67. The highest BCUT2D eigenvalue weighted by atomic mass is 16.6. The fourth-order valence-electron chi connectivity index (χ4n) is 2.98. The molecule has 0 radical (unpaired) electrons. The Morgan fingerprint density at radius 1 is 1.36 bits per heavy atom. The summed E-state index contributed by atoms with van der Waals surface area (Å²) in [6, 6.07) is 3.85. The summed E-state index contributed by atoms with van der Waals surface area (Å²) < 4.78 is 16.5. The average Bonchev–Trinajstić information content (AvgIpc) is 2.60. The number of likely N-dealkylation sites (N-methyl/N-ethyl adjacent to an activating group) is 1. The maximum Gasteiger partial charge on any atom is 0.254 e. The van der Waals surface area contributed by atoms with Gasteiger partial charge in [0.1, 0.15) is 13.2 Å². The number of ether oxygens (including phenoxy) is 3. The molecule has 1 N–H and O–H groups in total. The van der Waals surface area contributed by atoms with Crippen molar-refractivity contribution in [2.75, 3.05) is 40.5 Å². The average molecular weight is 306 g/mol. The fraction of sp³-hybridized carbons (Fsp3) is 0.562. The molecule has 1 saturated heterocycles. The Morgan fingerprint density at radius 2 is 2.18 bits per heavy atom. The zero-order valence-corrected chi connectivity index (χ0v) is 13.1. The first-order valence-electron chi connectivity index (χ1n) is 7.67. The van der Waals surface area contributed by atoms with Crippen molar-refractivity contribution in [3.63, 3.8) is 0 Å². The SMILES string of the molecule is CN[C@H]1CCCN(C(=O)c2cc(OC)c3c(c2)OCCO3)C1. The zero-order chi connectivity index (χ0) is 15.5. The van der Waals surface area contributed by atoms with E-state index in [4.69, 9.17) is 14.2 Å². The Balaban J connectivity index is 1.86. The van der Waals surface area contributed by atoms with Gasteiger partial charge in [-0.05, 0) is 32.0 Å². The van der Waals surface area contributed by atoms with Crippen LogP contribution in [0.5, 0.6) is 17.2 Å². The molecule has 2 aliphatic heterocycles. The van der Waals surface area contributed by atoms with Crippen LogP contribution in [0.15, 0.2) is 12.1 Å². The van der Waals surface area contributed by atoms with E-state index in [1.165, 1.54) is 0 Å². The van der Waals surface area contributed by atoms with E-state index >= 15 is 0 Å². The Bertz CT molecular complexity index is 544. The van der Waals surface area contributed by atoms with Gasteiger partial charge in [0, 0.05) is 24.7 Å². The number of hydrogen-bond donors (Lipinski definition) is 1. The van der Waals surface area contributed by atoms with Gasteiger partial charge in [-0.2, -0.15) is 0 Å². The third-order valence-electron chi connectivity index (χ3n) is 4.19. The molecule has 6 nitrogen and oxygen atoms in total. The lowest BCUT2D eigenvalue weighted by Gasteiger charge is -2.33. The van der Waals surface area contributed by atoms with Gasteiger partial charge in [-0.15, -0.1) is 0 Å². The molecular weight excluding hydrogens is 284 g/mol. The lowest BCUT2D eigenvalue weighted by atomic mass is 10.0. The van der Waals surface area contributed by atoms with Crippen LogP contribution in [0, 0.1) is 0 Å². The lowest BCUT2D eigenvalue weighted by molar-refractivity contribution is 0.0696. The molecule has 0 aliphatic carbocycles. The summed E-state index contributed by atoms with van der Waals surface area (Å²) in [5.41, 5.74) is 0.581. The second kappa shape index (κ2) is 6.44. The molecule has 2 heterocycles. The summed E-state index contributed by atoms with van der Waals surface area (Å²) in [6.45, 7) is 2.49. The van der Waals surface area contributed by atoms with Crippen LogP contribution in [0.25, 0.3) is 0 Å². The monoisotopic (exact) mass is 306 g/mol. The second-order valence-corrected chi connectivity index (χ2v) is 5.58. The molecule has 0 spiro atoms. The van der Waals surface area contributed by atoms with E-state index < -0.39 is 0 Å². The van der Waals surface area contributed by atoms with Gasteiger partial charge in [-0.3, -0.25) is 4.79 Å². The maximum absolute atomic E-state index is 12.8. The number of rotatable bonds is 3. The Labute approximate surface area is 130 Å². The highest BCUT2D eigenvalue weighted by Crippen LogP contribution is 2.40. The van der Waals surface area contributed by atoms with Crippen LogP contribution in [0.4, 0.5) is 0 Å². The smallest absolute Gasteiger partial charge is 0.254 e. The Hall–Kier alpha value is -1.95. The van der Waals surface area contributed by atoms with E-state index in [9.17, 15) is 4.79 Å². The Morgan fingerprint density at radius 3 is 2.95 bits per heavy atom. The van der Waals surface area contributed by atoms with Gasteiger partial charge < -0.3 is 24.4 Å². The number of carbonyl (C=O) groups excluding carboxylic acids is 1.